The van der Waals surface area contributed by atoms with Crippen LogP contribution in [0.5, 0.6) is 0 Å². The van der Waals surface area contributed by atoms with Gasteiger partial charge in [0.1, 0.15) is 0 Å². The lowest BCUT2D eigenvalue weighted by Crippen LogP contribution is -2.38. The van der Waals surface area contributed by atoms with Gasteiger partial charge in [-0.05, 0) is 69.4 Å². The van der Waals surface area contributed by atoms with Gasteiger partial charge in [0.2, 0.25) is 5.91 Å². The van der Waals surface area contributed by atoms with Gasteiger partial charge in [0.25, 0.3) is 5.91 Å². The molecule has 1 saturated heterocycles. The summed E-state index contributed by atoms with van der Waals surface area (Å²) >= 11 is 0. The second kappa shape index (κ2) is 9.85. The van der Waals surface area contributed by atoms with E-state index in [1.165, 1.54) is 32.1 Å². The molecule has 0 bridgehead atoms. The zero-order valence-corrected chi connectivity index (χ0v) is 16.4. The molecule has 1 saturated carbocycles. The summed E-state index contributed by atoms with van der Waals surface area (Å²) in [5.41, 5.74) is 1.28. The Balaban J connectivity index is 1.45. The normalized spacial score (nSPS) is 17.5. The molecule has 0 unspecified atom stereocenters. The maximum absolute atomic E-state index is 12.7. The molecule has 2 aliphatic rings. The molecule has 1 aromatic rings. The number of nitrogens with zero attached hydrogens (tertiary/aromatic N) is 2. The maximum atomic E-state index is 12.7. The van der Waals surface area contributed by atoms with Gasteiger partial charge in [-0.3, -0.25) is 9.59 Å². The molecule has 148 valence electrons. The van der Waals surface area contributed by atoms with Gasteiger partial charge >= 0.3 is 0 Å². The third-order valence-electron chi connectivity index (χ3n) is 5.36. The lowest BCUT2D eigenvalue weighted by atomic mass is 10.1. The first-order valence-electron chi connectivity index (χ1n) is 10.2. The first kappa shape index (κ1) is 19.8. The molecule has 1 heterocycles. The van der Waals surface area contributed by atoms with E-state index < -0.39 is 0 Å². The number of rotatable bonds is 9. The molecule has 0 atom stereocenters. The van der Waals surface area contributed by atoms with E-state index in [4.69, 9.17) is 0 Å². The molecule has 0 spiro atoms. The van der Waals surface area contributed by atoms with Crippen LogP contribution < -0.4 is 10.6 Å². The minimum absolute atomic E-state index is 0.00466. The van der Waals surface area contributed by atoms with Crippen molar-refractivity contribution in [2.24, 2.45) is 5.92 Å². The predicted octanol–water partition coefficient (Wildman–Crippen LogP) is 2.18. The summed E-state index contributed by atoms with van der Waals surface area (Å²) in [5.74, 6) is 0.674. The lowest BCUT2D eigenvalue weighted by Gasteiger charge is -2.28. The summed E-state index contributed by atoms with van der Waals surface area (Å²) in [6.07, 6.45) is 6.37. The van der Waals surface area contributed by atoms with Crippen LogP contribution in [0.25, 0.3) is 0 Å². The number of carbonyl (C=O) groups is 2. The number of likely N-dealkylation sites (N-methyl/N-ethyl adjacent to an activating group) is 1. The van der Waals surface area contributed by atoms with Crippen LogP contribution in [0.1, 0.15) is 42.5 Å². The van der Waals surface area contributed by atoms with Gasteiger partial charge in [0.15, 0.2) is 0 Å². The second-order valence-electron chi connectivity index (χ2n) is 7.83. The van der Waals surface area contributed by atoms with Crippen LogP contribution in [0.3, 0.4) is 0 Å². The van der Waals surface area contributed by atoms with Crippen molar-refractivity contribution in [2.45, 2.75) is 32.1 Å². The zero-order valence-electron chi connectivity index (χ0n) is 16.4. The van der Waals surface area contributed by atoms with Crippen LogP contribution in [0.2, 0.25) is 0 Å². The van der Waals surface area contributed by atoms with E-state index in [2.05, 4.69) is 15.5 Å². The monoisotopic (exact) mass is 372 g/mol. The number of nitrogens with one attached hydrogen (secondary N) is 2. The molecule has 2 amide bonds. The van der Waals surface area contributed by atoms with Gasteiger partial charge in [-0.2, -0.15) is 0 Å². The van der Waals surface area contributed by atoms with Crippen LogP contribution in [-0.4, -0.2) is 67.9 Å². The van der Waals surface area contributed by atoms with Crippen molar-refractivity contribution in [3.05, 3.63) is 29.8 Å². The fourth-order valence-electron chi connectivity index (χ4n) is 3.44. The molecule has 1 aliphatic carbocycles. The number of piperidine rings is 1. The Labute approximate surface area is 162 Å². The molecule has 1 aromatic carbocycles. The van der Waals surface area contributed by atoms with Crippen molar-refractivity contribution in [1.82, 2.24) is 15.1 Å². The highest BCUT2D eigenvalue weighted by molar-refractivity contribution is 5.97. The van der Waals surface area contributed by atoms with Gasteiger partial charge in [-0.1, -0.05) is 12.5 Å². The third kappa shape index (κ3) is 6.63. The number of likely N-dealkylation sites (tertiary alicyclic amines) is 1. The van der Waals surface area contributed by atoms with Gasteiger partial charge in [-0.25, -0.2) is 0 Å². The van der Waals surface area contributed by atoms with E-state index in [-0.39, 0.29) is 11.8 Å². The highest BCUT2D eigenvalue weighted by Gasteiger charge is 2.20. The van der Waals surface area contributed by atoms with Crippen molar-refractivity contribution in [3.8, 4) is 0 Å². The van der Waals surface area contributed by atoms with Crippen molar-refractivity contribution in [3.63, 3.8) is 0 Å². The minimum atomic E-state index is -0.0706. The predicted molar refractivity (Wildman–Crippen MR) is 108 cm³/mol. The molecule has 0 radical (unpaired) electrons. The van der Waals surface area contributed by atoms with Crippen LogP contribution in [0.15, 0.2) is 24.3 Å². The maximum Gasteiger partial charge on any atom is 0.253 e. The summed E-state index contributed by atoms with van der Waals surface area (Å²) in [7, 11) is 1.85. The first-order valence-corrected chi connectivity index (χ1v) is 10.2. The quantitative estimate of drug-likeness (QED) is 0.697. The third-order valence-corrected chi connectivity index (χ3v) is 5.36. The summed E-state index contributed by atoms with van der Waals surface area (Å²) in [6, 6.07) is 7.21. The van der Waals surface area contributed by atoms with Gasteiger partial charge < -0.3 is 20.4 Å². The molecule has 1 aliphatic heterocycles. The van der Waals surface area contributed by atoms with Crippen molar-refractivity contribution in [1.29, 1.82) is 0 Å². The van der Waals surface area contributed by atoms with E-state index in [9.17, 15) is 9.59 Å². The summed E-state index contributed by atoms with van der Waals surface area (Å²) < 4.78 is 0. The van der Waals surface area contributed by atoms with Crippen LogP contribution >= 0.6 is 0 Å². The number of carbonyl (C=O) groups excluding carboxylic acids is 2. The molecule has 3 rings (SSSR count). The first-order chi connectivity index (χ1) is 13.1. The van der Waals surface area contributed by atoms with Crippen molar-refractivity contribution in [2.75, 3.05) is 51.6 Å². The summed E-state index contributed by atoms with van der Waals surface area (Å²) in [6.45, 7) is 5.14. The van der Waals surface area contributed by atoms with Crippen LogP contribution in [0, 0.1) is 5.92 Å². The van der Waals surface area contributed by atoms with Crippen LogP contribution in [0.4, 0.5) is 5.69 Å². The number of hydrogen-bond acceptors (Lipinski definition) is 4. The highest BCUT2D eigenvalue weighted by Crippen LogP contribution is 2.27. The average molecular weight is 373 g/mol. The second-order valence-corrected chi connectivity index (χ2v) is 7.83. The Kier molecular flexibility index (Phi) is 7.24. The molecule has 0 aromatic heterocycles. The molecular weight excluding hydrogens is 340 g/mol. The Morgan fingerprint density at radius 2 is 1.96 bits per heavy atom. The van der Waals surface area contributed by atoms with Crippen molar-refractivity contribution < 1.29 is 9.59 Å². The average Bonchev–Trinajstić information content (AvgIpc) is 3.51. The Morgan fingerprint density at radius 1 is 1.19 bits per heavy atom. The molecule has 2 N–H and O–H groups in total. The Bertz CT molecular complexity index is 639. The van der Waals surface area contributed by atoms with E-state index >= 15 is 0 Å². The number of benzene rings is 1. The Hall–Kier alpha value is -1.92. The number of anilines is 1. The summed E-state index contributed by atoms with van der Waals surface area (Å²) in [5, 5.41) is 6.05. The van der Waals surface area contributed by atoms with E-state index in [0.29, 0.717) is 17.8 Å². The smallest absolute Gasteiger partial charge is 0.253 e. The zero-order chi connectivity index (χ0) is 19.1. The lowest BCUT2D eigenvalue weighted by molar-refractivity contribution is -0.115. The highest BCUT2D eigenvalue weighted by atomic mass is 16.2. The minimum Gasteiger partial charge on any atom is -0.340 e. The van der Waals surface area contributed by atoms with Gasteiger partial charge in [-0.15, -0.1) is 0 Å². The summed E-state index contributed by atoms with van der Waals surface area (Å²) in [4.78, 5) is 28.9. The SMILES string of the molecule is CN(CCN1CCCCC1)C(=O)c1cccc(NC(=O)CNCC2CC2)c1. The van der Waals surface area contributed by atoms with Gasteiger partial charge in [0.05, 0.1) is 6.54 Å². The molecular formula is C21H32N4O2. The molecule has 27 heavy (non-hydrogen) atoms. The van der Waals surface area contributed by atoms with Gasteiger partial charge in [0, 0.05) is 31.4 Å². The standard InChI is InChI=1S/C21H32N4O2/c1-24(12-13-25-10-3-2-4-11-25)21(27)18-6-5-7-19(14-18)23-20(26)16-22-15-17-8-9-17/h5-7,14,17,22H,2-4,8-13,15-16H2,1H3,(H,23,26). The number of hydrogen-bond donors (Lipinski definition) is 2. The van der Waals surface area contributed by atoms with E-state index in [0.717, 1.165) is 38.6 Å². The molecule has 6 heteroatoms. The number of amides is 2. The van der Waals surface area contributed by atoms with E-state index in [1.54, 1.807) is 17.0 Å². The fourth-order valence-corrected chi connectivity index (χ4v) is 3.44. The molecule has 2 fully saturated rings. The van der Waals surface area contributed by atoms with Crippen molar-refractivity contribution >= 4 is 17.5 Å². The Morgan fingerprint density at radius 3 is 2.70 bits per heavy atom. The largest absolute Gasteiger partial charge is 0.340 e. The topological polar surface area (TPSA) is 64.7 Å². The van der Waals surface area contributed by atoms with Crippen LogP contribution in [-0.2, 0) is 4.79 Å². The van der Waals surface area contributed by atoms with E-state index in [1.807, 2.05) is 19.2 Å². The molecule has 6 nitrogen and oxygen atoms in total. The fraction of sp³-hybridized carbons (Fsp3) is 0.619.